The van der Waals surface area contributed by atoms with E-state index in [-0.39, 0.29) is 5.04 Å². The van der Waals surface area contributed by atoms with Gasteiger partial charge < -0.3 is 4.43 Å². The second-order valence-electron chi connectivity index (χ2n) is 9.71. The molecule has 0 saturated heterocycles. The molecule has 0 aliphatic rings. The molecule has 0 spiro atoms. The fraction of sp³-hybridized carbons (Fsp3) is 0.379. The highest BCUT2D eigenvalue weighted by Gasteiger charge is 2.49. The van der Waals surface area contributed by atoms with Crippen LogP contribution in [0.15, 0.2) is 95.9 Å². The summed E-state index contributed by atoms with van der Waals surface area (Å²) in [4.78, 5) is 1.37. The first-order valence-corrected chi connectivity index (χ1v) is 14.8. The molecule has 0 unspecified atom stereocenters. The Kier molecular flexibility index (Phi) is 9.21. The average molecular weight is 463 g/mol. The zero-order valence-corrected chi connectivity index (χ0v) is 21.9. The van der Waals surface area contributed by atoms with Gasteiger partial charge in [-0.15, -0.1) is 11.8 Å². The Balaban J connectivity index is 1.62. The molecule has 170 valence electrons. The van der Waals surface area contributed by atoms with Gasteiger partial charge >= 0.3 is 0 Å². The van der Waals surface area contributed by atoms with Gasteiger partial charge in [-0.1, -0.05) is 107 Å². The summed E-state index contributed by atoms with van der Waals surface area (Å²) in [5, 5.41) is 2.78. The van der Waals surface area contributed by atoms with Crippen molar-refractivity contribution in [2.45, 2.75) is 56.9 Å². The quantitative estimate of drug-likeness (QED) is 0.170. The van der Waals surface area contributed by atoms with Crippen LogP contribution in [-0.2, 0) is 4.43 Å². The minimum Gasteiger partial charge on any atom is -0.407 e. The van der Waals surface area contributed by atoms with Gasteiger partial charge in [-0.05, 0) is 58.5 Å². The highest BCUT2D eigenvalue weighted by atomic mass is 32.2. The van der Waals surface area contributed by atoms with Gasteiger partial charge in [-0.3, -0.25) is 0 Å². The van der Waals surface area contributed by atoms with E-state index >= 15 is 0 Å². The molecule has 1 nitrogen and oxygen atoms in total. The van der Waals surface area contributed by atoms with E-state index in [0.29, 0.717) is 5.92 Å². The predicted octanol–water partition coefficient (Wildman–Crippen LogP) is 7.16. The average Bonchev–Trinajstić information content (AvgIpc) is 2.80. The fourth-order valence-corrected chi connectivity index (χ4v) is 10.2. The number of hydrogen-bond acceptors (Lipinski definition) is 2. The van der Waals surface area contributed by atoms with Crippen LogP contribution in [0, 0.1) is 5.92 Å². The van der Waals surface area contributed by atoms with E-state index in [2.05, 4.69) is 119 Å². The van der Waals surface area contributed by atoms with Gasteiger partial charge in [0.15, 0.2) is 0 Å². The van der Waals surface area contributed by atoms with Crippen molar-refractivity contribution in [2.24, 2.45) is 5.92 Å². The third-order valence-electron chi connectivity index (χ3n) is 6.20. The first kappa shape index (κ1) is 24.8. The molecule has 1 atom stereocenters. The first-order valence-electron chi connectivity index (χ1n) is 11.9. The van der Waals surface area contributed by atoms with Crippen molar-refractivity contribution in [2.75, 3.05) is 12.4 Å². The van der Waals surface area contributed by atoms with Crippen LogP contribution in [0.2, 0.25) is 5.04 Å². The van der Waals surface area contributed by atoms with Crippen LogP contribution in [0.1, 0.15) is 47.0 Å². The Bertz CT molecular complexity index is 867. The molecular weight excluding hydrogens is 424 g/mol. The summed E-state index contributed by atoms with van der Waals surface area (Å²) in [6, 6.07) is 32.6. The number of rotatable bonds is 11. The molecule has 0 heterocycles. The Morgan fingerprint density at radius 2 is 1.25 bits per heavy atom. The Morgan fingerprint density at radius 3 is 1.75 bits per heavy atom. The second kappa shape index (κ2) is 11.9. The minimum absolute atomic E-state index is 0.0493. The highest BCUT2D eigenvalue weighted by Crippen LogP contribution is 2.37. The molecular formula is C29H38OSSi. The monoisotopic (exact) mass is 462 g/mol. The lowest BCUT2D eigenvalue weighted by atomic mass is 10.0. The third kappa shape index (κ3) is 6.37. The summed E-state index contributed by atoms with van der Waals surface area (Å²) in [5.41, 5.74) is 0. The minimum atomic E-state index is -2.39. The van der Waals surface area contributed by atoms with Gasteiger partial charge in [-0.25, -0.2) is 0 Å². The molecule has 3 heteroatoms. The molecule has 0 fully saturated rings. The van der Waals surface area contributed by atoms with E-state index in [4.69, 9.17) is 4.43 Å². The normalized spacial score (nSPS) is 13.1. The van der Waals surface area contributed by atoms with Crippen molar-refractivity contribution in [3.8, 4) is 0 Å². The van der Waals surface area contributed by atoms with E-state index in [1.807, 2.05) is 11.8 Å². The van der Waals surface area contributed by atoms with E-state index < -0.39 is 8.32 Å². The molecule has 0 aliphatic carbocycles. The van der Waals surface area contributed by atoms with Crippen LogP contribution in [-0.4, -0.2) is 20.7 Å². The molecule has 0 aromatic heterocycles. The predicted molar refractivity (Wildman–Crippen MR) is 144 cm³/mol. The number of benzene rings is 3. The summed E-state index contributed by atoms with van der Waals surface area (Å²) < 4.78 is 7.02. The maximum atomic E-state index is 7.02. The largest absolute Gasteiger partial charge is 0.407 e. The molecule has 32 heavy (non-hydrogen) atoms. The fourth-order valence-electron chi connectivity index (χ4n) is 4.46. The van der Waals surface area contributed by atoms with Gasteiger partial charge in [0.05, 0.1) is 0 Å². The molecule has 0 amide bonds. The van der Waals surface area contributed by atoms with Gasteiger partial charge in [0.25, 0.3) is 8.32 Å². The van der Waals surface area contributed by atoms with Gasteiger partial charge in [-0.2, -0.15) is 0 Å². The summed E-state index contributed by atoms with van der Waals surface area (Å²) in [5.74, 6) is 1.90. The van der Waals surface area contributed by atoms with Crippen molar-refractivity contribution in [3.63, 3.8) is 0 Å². The van der Waals surface area contributed by atoms with E-state index in [0.717, 1.165) is 13.0 Å². The lowest BCUT2D eigenvalue weighted by Crippen LogP contribution is -2.66. The van der Waals surface area contributed by atoms with Crippen LogP contribution in [0.3, 0.4) is 0 Å². The molecule has 3 rings (SSSR count). The van der Waals surface area contributed by atoms with Gasteiger partial charge in [0.2, 0.25) is 0 Å². The number of hydrogen-bond donors (Lipinski definition) is 0. The summed E-state index contributed by atoms with van der Waals surface area (Å²) in [7, 11) is -2.39. The van der Waals surface area contributed by atoms with E-state index in [9.17, 15) is 0 Å². The lowest BCUT2D eigenvalue weighted by Gasteiger charge is -2.43. The third-order valence-corrected chi connectivity index (χ3v) is 12.3. The van der Waals surface area contributed by atoms with Crippen molar-refractivity contribution in [1.29, 1.82) is 0 Å². The molecule has 0 saturated carbocycles. The van der Waals surface area contributed by atoms with Gasteiger partial charge in [0, 0.05) is 11.5 Å². The maximum absolute atomic E-state index is 7.02. The van der Waals surface area contributed by atoms with Crippen LogP contribution in [0.4, 0.5) is 0 Å². The zero-order chi connectivity index (χ0) is 22.9. The molecule has 0 N–H and O–H groups in total. The smallest absolute Gasteiger partial charge is 0.261 e. The van der Waals surface area contributed by atoms with Crippen molar-refractivity contribution >= 4 is 30.5 Å². The van der Waals surface area contributed by atoms with E-state index in [1.54, 1.807) is 0 Å². The standard InChI is InChI=1S/C29H38OSSi/c1-25(22-24-31-26-16-8-5-9-17-26)15-14-23-30-32(29(2,3)4,27-18-10-6-11-19-27)28-20-12-7-13-21-28/h5-13,16-21,25H,14-15,22-24H2,1-4H3/t25-/m1/s1. The zero-order valence-electron chi connectivity index (χ0n) is 20.1. The molecule has 0 radical (unpaired) electrons. The topological polar surface area (TPSA) is 9.23 Å². The Hall–Kier alpha value is -1.81. The Morgan fingerprint density at radius 1 is 0.750 bits per heavy atom. The first-order chi connectivity index (χ1) is 15.4. The van der Waals surface area contributed by atoms with Crippen molar-refractivity contribution in [1.82, 2.24) is 0 Å². The van der Waals surface area contributed by atoms with Crippen LogP contribution >= 0.6 is 11.8 Å². The van der Waals surface area contributed by atoms with Crippen LogP contribution in [0.25, 0.3) is 0 Å². The molecule has 3 aromatic rings. The SMILES string of the molecule is C[C@H](CCCO[Si](c1ccccc1)(c1ccccc1)C(C)(C)C)CCSc1ccccc1. The molecule has 3 aromatic carbocycles. The lowest BCUT2D eigenvalue weighted by molar-refractivity contribution is 0.277. The number of thioether (sulfide) groups is 1. The maximum Gasteiger partial charge on any atom is 0.261 e. The second-order valence-corrected chi connectivity index (χ2v) is 15.2. The van der Waals surface area contributed by atoms with Crippen LogP contribution < -0.4 is 10.4 Å². The van der Waals surface area contributed by atoms with Gasteiger partial charge in [0.1, 0.15) is 0 Å². The van der Waals surface area contributed by atoms with Crippen LogP contribution in [0.5, 0.6) is 0 Å². The van der Waals surface area contributed by atoms with E-state index in [1.165, 1.54) is 33.9 Å². The van der Waals surface area contributed by atoms with Crippen molar-refractivity contribution in [3.05, 3.63) is 91.0 Å². The van der Waals surface area contributed by atoms with Crippen molar-refractivity contribution < 1.29 is 4.43 Å². The molecule has 0 bridgehead atoms. The summed E-state index contributed by atoms with van der Waals surface area (Å²) >= 11 is 1.97. The summed E-state index contributed by atoms with van der Waals surface area (Å²) in [6.07, 6.45) is 3.58. The molecule has 0 aliphatic heterocycles. The highest BCUT2D eigenvalue weighted by molar-refractivity contribution is 7.99. The summed E-state index contributed by atoms with van der Waals surface area (Å²) in [6.45, 7) is 10.3. The Labute approximate surface area is 200 Å².